The second-order valence-electron chi connectivity index (χ2n) is 7.11. The summed E-state index contributed by atoms with van der Waals surface area (Å²) >= 11 is 0. The number of anilines is 1. The van der Waals surface area contributed by atoms with Gasteiger partial charge in [-0.15, -0.1) is 0 Å². The first-order chi connectivity index (χ1) is 15.2. The second-order valence-corrected chi connectivity index (χ2v) is 7.11. The summed E-state index contributed by atoms with van der Waals surface area (Å²) in [6, 6.07) is 18.9. The van der Waals surface area contributed by atoms with Crippen LogP contribution in [0.15, 0.2) is 94.8 Å². The zero-order valence-corrected chi connectivity index (χ0v) is 16.5. The molecule has 1 atom stereocenters. The maximum Gasteiger partial charge on any atom is 0.296 e. The van der Waals surface area contributed by atoms with Crippen LogP contribution < -0.4 is 15.1 Å². The molecule has 3 heterocycles. The van der Waals surface area contributed by atoms with Crippen LogP contribution in [-0.2, 0) is 0 Å². The van der Waals surface area contributed by atoms with Gasteiger partial charge in [-0.1, -0.05) is 43.0 Å². The van der Waals surface area contributed by atoms with Crippen molar-refractivity contribution in [1.82, 2.24) is 4.98 Å². The number of pyridine rings is 1. The molecule has 0 aliphatic carbocycles. The maximum atomic E-state index is 13.5. The summed E-state index contributed by atoms with van der Waals surface area (Å²) in [6.45, 7) is 4.02. The Morgan fingerprint density at radius 1 is 1.06 bits per heavy atom. The summed E-state index contributed by atoms with van der Waals surface area (Å²) in [4.78, 5) is 32.8. The van der Waals surface area contributed by atoms with Crippen LogP contribution >= 0.6 is 0 Å². The van der Waals surface area contributed by atoms with Gasteiger partial charge in [0.2, 0.25) is 5.76 Å². The molecule has 0 spiro atoms. The van der Waals surface area contributed by atoms with E-state index >= 15 is 0 Å². The molecule has 0 saturated carbocycles. The number of carbonyl (C=O) groups is 1. The molecule has 152 valence electrons. The maximum absolute atomic E-state index is 13.5. The average Bonchev–Trinajstić information content (AvgIpc) is 3.11. The fourth-order valence-corrected chi connectivity index (χ4v) is 3.90. The van der Waals surface area contributed by atoms with E-state index in [1.165, 1.54) is 4.90 Å². The quantitative estimate of drug-likeness (QED) is 0.453. The first-order valence-electron chi connectivity index (χ1n) is 9.83. The highest BCUT2D eigenvalue weighted by Crippen LogP contribution is 2.41. The number of benzene rings is 2. The van der Waals surface area contributed by atoms with E-state index < -0.39 is 11.9 Å². The van der Waals surface area contributed by atoms with Crippen molar-refractivity contribution in [2.24, 2.45) is 0 Å². The molecule has 0 saturated heterocycles. The summed E-state index contributed by atoms with van der Waals surface area (Å²) in [5.41, 5.74) is 1.17. The lowest BCUT2D eigenvalue weighted by Gasteiger charge is -2.24. The van der Waals surface area contributed by atoms with Gasteiger partial charge in [0.15, 0.2) is 5.43 Å². The molecule has 2 aromatic heterocycles. The number of nitrogens with zero attached hydrogens (tertiary/aromatic N) is 2. The standard InChI is InChI=1S/C25H18N2O4/c1-2-14-30-17-9-7-8-16(15-17)22-21-23(28)18-10-3-4-11-19(18)31-24(21)25(29)27(22)20-12-5-6-13-26-20/h2-13,15,22H,1,14H2/t22-/m0/s1. The molecule has 0 radical (unpaired) electrons. The van der Waals surface area contributed by atoms with E-state index in [1.807, 2.05) is 24.3 Å². The van der Waals surface area contributed by atoms with Gasteiger partial charge in [-0.3, -0.25) is 14.5 Å². The van der Waals surface area contributed by atoms with Crippen molar-refractivity contribution in [2.75, 3.05) is 11.5 Å². The molecule has 6 nitrogen and oxygen atoms in total. The topological polar surface area (TPSA) is 72.6 Å². The van der Waals surface area contributed by atoms with E-state index in [-0.39, 0.29) is 11.2 Å². The zero-order chi connectivity index (χ0) is 21.4. The van der Waals surface area contributed by atoms with E-state index in [0.29, 0.717) is 34.7 Å². The Balaban J connectivity index is 1.76. The van der Waals surface area contributed by atoms with Crippen LogP contribution in [0, 0.1) is 0 Å². The van der Waals surface area contributed by atoms with Gasteiger partial charge >= 0.3 is 0 Å². The Bertz CT molecular complexity index is 1360. The van der Waals surface area contributed by atoms with Gasteiger partial charge in [-0.05, 0) is 42.0 Å². The monoisotopic (exact) mass is 410 g/mol. The summed E-state index contributed by atoms with van der Waals surface area (Å²) < 4.78 is 11.6. The third kappa shape index (κ3) is 3.09. The fourth-order valence-electron chi connectivity index (χ4n) is 3.90. The van der Waals surface area contributed by atoms with Crippen LogP contribution in [-0.4, -0.2) is 17.5 Å². The van der Waals surface area contributed by atoms with Crippen LogP contribution in [0.4, 0.5) is 5.82 Å². The molecule has 31 heavy (non-hydrogen) atoms. The third-order valence-electron chi connectivity index (χ3n) is 5.22. The molecule has 0 fully saturated rings. The lowest BCUT2D eigenvalue weighted by Crippen LogP contribution is -2.30. The minimum absolute atomic E-state index is 0.0387. The molecule has 0 unspecified atom stereocenters. The molecule has 6 heteroatoms. The van der Waals surface area contributed by atoms with Gasteiger partial charge in [0, 0.05) is 6.20 Å². The van der Waals surface area contributed by atoms with Gasteiger partial charge in [0.05, 0.1) is 17.0 Å². The van der Waals surface area contributed by atoms with E-state index in [4.69, 9.17) is 9.15 Å². The Kier molecular flexibility index (Phi) is 4.59. The van der Waals surface area contributed by atoms with Crippen LogP contribution in [0.3, 0.4) is 0 Å². The number of hydrogen-bond donors (Lipinski definition) is 0. The van der Waals surface area contributed by atoms with Crippen LogP contribution in [0.2, 0.25) is 0 Å². The minimum Gasteiger partial charge on any atom is -0.490 e. The molecule has 0 N–H and O–H groups in total. The molecule has 2 aromatic carbocycles. The summed E-state index contributed by atoms with van der Waals surface area (Å²) in [6.07, 6.45) is 3.26. The molecular formula is C25H18N2O4. The third-order valence-corrected chi connectivity index (χ3v) is 5.22. The van der Waals surface area contributed by atoms with E-state index in [9.17, 15) is 9.59 Å². The van der Waals surface area contributed by atoms with Gasteiger partial charge in [-0.2, -0.15) is 0 Å². The Morgan fingerprint density at radius 2 is 1.90 bits per heavy atom. The van der Waals surface area contributed by atoms with Gasteiger partial charge in [0.25, 0.3) is 5.91 Å². The van der Waals surface area contributed by atoms with Crippen molar-refractivity contribution < 1.29 is 13.9 Å². The van der Waals surface area contributed by atoms with Crippen LogP contribution in [0.5, 0.6) is 5.75 Å². The second kappa shape index (κ2) is 7.57. The molecule has 0 bridgehead atoms. The van der Waals surface area contributed by atoms with Crippen molar-refractivity contribution in [2.45, 2.75) is 6.04 Å². The first kappa shape index (κ1) is 18.8. The van der Waals surface area contributed by atoms with Gasteiger partial charge in [-0.25, -0.2) is 4.98 Å². The SMILES string of the molecule is C=CCOc1cccc([C@H]2c3c(oc4ccccc4c3=O)C(=O)N2c2ccccn2)c1. The van der Waals surface area contributed by atoms with Crippen molar-refractivity contribution in [3.05, 3.63) is 113 Å². The number of amides is 1. The van der Waals surface area contributed by atoms with Crippen molar-refractivity contribution >= 4 is 22.7 Å². The number of hydrogen-bond acceptors (Lipinski definition) is 5. The number of aromatic nitrogens is 1. The zero-order valence-electron chi connectivity index (χ0n) is 16.5. The highest BCUT2D eigenvalue weighted by molar-refractivity contribution is 6.10. The number of ether oxygens (including phenoxy) is 1. The summed E-state index contributed by atoms with van der Waals surface area (Å²) in [5, 5.41) is 0.431. The van der Waals surface area contributed by atoms with E-state index in [1.54, 1.807) is 54.7 Å². The Hall–Kier alpha value is -4.19. The first-order valence-corrected chi connectivity index (χ1v) is 9.83. The lowest BCUT2D eigenvalue weighted by molar-refractivity contribution is 0.0970. The smallest absolute Gasteiger partial charge is 0.296 e. The minimum atomic E-state index is -0.689. The molecule has 1 amide bonds. The van der Waals surface area contributed by atoms with Crippen molar-refractivity contribution in [3.63, 3.8) is 0 Å². The number of para-hydroxylation sites is 1. The predicted octanol–water partition coefficient (Wildman–Crippen LogP) is 4.50. The molecule has 5 rings (SSSR count). The number of rotatable bonds is 5. The van der Waals surface area contributed by atoms with Crippen molar-refractivity contribution in [1.29, 1.82) is 0 Å². The molecular weight excluding hydrogens is 392 g/mol. The van der Waals surface area contributed by atoms with Crippen LogP contribution in [0.1, 0.15) is 27.7 Å². The predicted molar refractivity (Wildman–Crippen MR) is 118 cm³/mol. The van der Waals surface area contributed by atoms with Gasteiger partial charge < -0.3 is 9.15 Å². The lowest BCUT2D eigenvalue weighted by atomic mass is 9.98. The fraction of sp³-hybridized carbons (Fsp3) is 0.0800. The van der Waals surface area contributed by atoms with E-state index in [0.717, 1.165) is 5.56 Å². The summed E-state index contributed by atoms with van der Waals surface area (Å²) in [7, 11) is 0. The van der Waals surface area contributed by atoms with Crippen LogP contribution in [0.25, 0.3) is 11.0 Å². The van der Waals surface area contributed by atoms with Crippen molar-refractivity contribution in [3.8, 4) is 5.75 Å². The number of fused-ring (bicyclic) bond motifs is 2. The largest absolute Gasteiger partial charge is 0.490 e. The Labute approximate surface area is 178 Å². The summed E-state index contributed by atoms with van der Waals surface area (Å²) in [5.74, 6) is 0.685. The highest BCUT2D eigenvalue weighted by Gasteiger charge is 2.44. The van der Waals surface area contributed by atoms with Gasteiger partial charge in [0.1, 0.15) is 23.8 Å². The molecule has 1 aliphatic heterocycles. The molecule has 4 aromatic rings. The number of carbonyl (C=O) groups excluding carboxylic acids is 1. The van der Waals surface area contributed by atoms with E-state index in [2.05, 4.69) is 11.6 Å². The average molecular weight is 410 g/mol. The normalized spacial score (nSPS) is 15.2. The highest BCUT2D eigenvalue weighted by atomic mass is 16.5. The molecule has 1 aliphatic rings. The Morgan fingerprint density at radius 3 is 2.71 bits per heavy atom.